The molecule has 2 amide bonds. The zero-order valence-electron chi connectivity index (χ0n) is 8.75. The minimum atomic E-state index is -0.264. The van der Waals surface area contributed by atoms with Gasteiger partial charge in [-0.05, 0) is 37.1 Å². The zero-order chi connectivity index (χ0) is 11.4. The number of furan rings is 1. The second kappa shape index (κ2) is 5.23. The summed E-state index contributed by atoms with van der Waals surface area (Å²) in [6.07, 6.45) is 2.08. The van der Waals surface area contributed by atoms with Gasteiger partial charge in [0.1, 0.15) is 0 Å². The topological polar surface area (TPSA) is 66.3 Å². The molecule has 2 heterocycles. The summed E-state index contributed by atoms with van der Waals surface area (Å²) in [7, 11) is 0. The lowest BCUT2D eigenvalue weighted by Gasteiger charge is -2.23. The van der Waals surface area contributed by atoms with E-state index < -0.39 is 0 Å². The van der Waals surface area contributed by atoms with E-state index >= 15 is 0 Å². The van der Waals surface area contributed by atoms with E-state index in [4.69, 9.17) is 16.0 Å². The summed E-state index contributed by atoms with van der Waals surface area (Å²) in [5.74, 6) is 0.353. The SMILES string of the molecule is O=C(Nc1ccc(Cl)o1)NC1CCCNC1. The lowest BCUT2D eigenvalue weighted by molar-refractivity contribution is 0.245. The minimum absolute atomic E-state index is 0.180. The van der Waals surface area contributed by atoms with Gasteiger partial charge in [-0.25, -0.2) is 4.79 Å². The summed E-state index contributed by atoms with van der Waals surface area (Å²) in [5.41, 5.74) is 0. The van der Waals surface area contributed by atoms with E-state index in [1.54, 1.807) is 12.1 Å². The van der Waals surface area contributed by atoms with E-state index in [0.717, 1.165) is 25.9 Å². The van der Waals surface area contributed by atoms with Gasteiger partial charge < -0.3 is 15.1 Å². The van der Waals surface area contributed by atoms with Crippen LogP contribution >= 0.6 is 11.6 Å². The molecule has 16 heavy (non-hydrogen) atoms. The van der Waals surface area contributed by atoms with Gasteiger partial charge in [0.2, 0.25) is 5.88 Å². The largest absolute Gasteiger partial charge is 0.429 e. The molecule has 5 nitrogen and oxygen atoms in total. The van der Waals surface area contributed by atoms with Gasteiger partial charge in [-0.15, -0.1) is 0 Å². The number of nitrogens with one attached hydrogen (secondary N) is 3. The molecule has 2 rings (SSSR count). The highest BCUT2D eigenvalue weighted by Crippen LogP contribution is 2.17. The Morgan fingerprint density at radius 3 is 3.06 bits per heavy atom. The van der Waals surface area contributed by atoms with Gasteiger partial charge in [-0.1, -0.05) is 0 Å². The van der Waals surface area contributed by atoms with Crippen molar-refractivity contribution in [3.63, 3.8) is 0 Å². The molecule has 0 saturated carbocycles. The number of halogens is 1. The molecule has 1 aliphatic heterocycles. The van der Waals surface area contributed by atoms with Gasteiger partial charge >= 0.3 is 6.03 Å². The molecule has 3 N–H and O–H groups in total. The summed E-state index contributed by atoms with van der Waals surface area (Å²) in [6, 6.07) is 3.11. The van der Waals surface area contributed by atoms with Crippen LogP contribution < -0.4 is 16.0 Å². The van der Waals surface area contributed by atoms with Crippen molar-refractivity contribution in [2.24, 2.45) is 0 Å². The fourth-order valence-electron chi connectivity index (χ4n) is 1.69. The maximum absolute atomic E-state index is 11.5. The van der Waals surface area contributed by atoms with Crippen molar-refractivity contribution in [3.8, 4) is 0 Å². The predicted molar refractivity (Wildman–Crippen MR) is 61.8 cm³/mol. The molecule has 1 saturated heterocycles. The van der Waals surface area contributed by atoms with E-state index in [1.807, 2.05) is 0 Å². The summed E-state index contributed by atoms with van der Waals surface area (Å²) in [5, 5.41) is 8.92. The molecule has 1 aliphatic rings. The summed E-state index contributed by atoms with van der Waals surface area (Å²) in [6.45, 7) is 1.83. The number of hydrogen-bond donors (Lipinski definition) is 3. The third-order valence-corrected chi connectivity index (χ3v) is 2.65. The smallest absolute Gasteiger partial charge is 0.321 e. The van der Waals surface area contributed by atoms with Gasteiger partial charge in [0, 0.05) is 18.7 Å². The lowest BCUT2D eigenvalue weighted by Crippen LogP contribution is -2.47. The second-order valence-electron chi connectivity index (χ2n) is 3.75. The monoisotopic (exact) mass is 243 g/mol. The van der Waals surface area contributed by atoms with Crippen LogP contribution in [0.3, 0.4) is 0 Å². The number of amides is 2. The molecule has 0 aliphatic carbocycles. The van der Waals surface area contributed by atoms with Crippen molar-refractivity contribution in [2.75, 3.05) is 18.4 Å². The number of urea groups is 1. The maximum atomic E-state index is 11.5. The van der Waals surface area contributed by atoms with E-state index in [2.05, 4.69) is 16.0 Å². The van der Waals surface area contributed by atoms with Crippen LogP contribution in [0.1, 0.15) is 12.8 Å². The quantitative estimate of drug-likeness (QED) is 0.742. The Labute approximate surface area is 98.5 Å². The van der Waals surface area contributed by atoms with Crippen molar-refractivity contribution in [1.82, 2.24) is 10.6 Å². The van der Waals surface area contributed by atoms with E-state index in [0.29, 0.717) is 5.88 Å². The number of hydrogen-bond acceptors (Lipinski definition) is 3. The fourth-order valence-corrected chi connectivity index (χ4v) is 1.84. The first kappa shape index (κ1) is 11.3. The molecule has 0 bridgehead atoms. The number of anilines is 1. The number of carbonyl (C=O) groups is 1. The Morgan fingerprint density at radius 2 is 2.44 bits per heavy atom. The molecule has 1 unspecified atom stereocenters. The Kier molecular flexibility index (Phi) is 3.69. The first-order valence-electron chi connectivity index (χ1n) is 5.27. The Bertz CT molecular complexity index is 361. The van der Waals surface area contributed by atoms with Crippen LogP contribution in [0.5, 0.6) is 0 Å². The molecule has 1 aromatic heterocycles. The Morgan fingerprint density at radius 1 is 1.56 bits per heavy atom. The maximum Gasteiger partial charge on any atom is 0.321 e. The van der Waals surface area contributed by atoms with Gasteiger partial charge in [-0.2, -0.15) is 0 Å². The third-order valence-electron chi connectivity index (χ3n) is 2.44. The van der Waals surface area contributed by atoms with Crippen LogP contribution in [-0.2, 0) is 0 Å². The molecule has 1 fully saturated rings. The average molecular weight is 244 g/mol. The van der Waals surface area contributed by atoms with Crippen molar-refractivity contribution < 1.29 is 9.21 Å². The van der Waals surface area contributed by atoms with E-state index in [-0.39, 0.29) is 17.3 Å². The van der Waals surface area contributed by atoms with Crippen LogP contribution in [0.4, 0.5) is 10.7 Å². The highest BCUT2D eigenvalue weighted by molar-refractivity contribution is 6.29. The third kappa shape index (κ3) is 3.15. The van der Waals surface area contributed by atoms with Crippen molar-refractivity contribution in [1.29, 1.82) is 0 Å². The first-order chi connectivity index (χ1) is 7.74. The molecule has 6 heteroatoms. The highest BCUT2D eigenvalue weighted by atomic mass is 35.5. The molecule has 0 spiro atoms. The summed E-state index contributed by atoms with van der Waals surface area (Å²) in [4.78, 5) is 11.5. The standard InChI is InChI=1S/C10H14ClN3O2/c11-8-3-4-9(16-8)14-10(15)13-7-2-1-5-12-6-7/h3-4,7,12H,1-2,5-6H2,(H2,13,14,15). The molecule has 1 atom stereocenters. The van der Waals surface area contributed by atoms with Gasteiger partial charge in [-0.3, -0.25) is 5.32 Å². The van der Waals surface area contributed by atoms with Crippen LogP contribution in [0.2, 0.25) is 5.22 Å². The molecular formula is C10H14ClN3O2. The van der Waals surface area contributed by atoms with Crippen molar-refractivity contribution in [3.05, 3.63) is 17.4 Å². The van der Waals surface area contributed by atoms with Crippen molar-refractivity contribution in [2.45, 2.75) is 18.9 Å². The summed E-state index contributed by atoms with van der Waals surface area (Å²) >= 11 is 5.59. The Balaban J connectivity index is 1.79. The van der Waals surface area contributed by atoms with Crippen LogP contribution in [0.25, 0.3) is 0 Å². The Hall–Kier alpha value is -1.20. The number of rotatable bonds is 2. The summed E-state index contributed by atoms with van der Waals surface area (Å²) < 4.78 is 5.02. The van der Waals surface area contributed by atoms with E-state index in [9.17, 15) is 4.79 Å². The van der Waals surface area contributed by atoms with E-state index in [1.165, 1.54) is 0 Å². The van der Waals surface area contributed by atoms with Crippen LogP contribution in [0, 0.1) is 0 Å². The average Bonchev–Trinajstić information content (AvgIpc) is 2.65. The molecule has 0 radical (unpaired) electrons. The van der Waals surface area contributed by atoms with Gasteiger partial charge in [0.15, 0.2) is 5.22 Å². The minimum Gasteiger partial charge on any atom is -0.429 e. The predicted octanol–water partition coefficient (Wildman–Crippen LogP) is 1.81. The van der Waals surface area contributed by atoms with Crippen LogP contribution in [-0.4, -0.2) is 25.2 Å². The number of piperidine rings is 1. The molecule has 88 valence electrons. The lowest BCUT2D eigenvalue weighted by atomic mass is 10.1. The second-order valence-corrected chi connectivity index (χ2v) is 4.12. The first-order valence-corrected chi connectivity index (χ1v) is 5.65. The van der Waals surface area contributed by atoms with Crippen LogP contribution in [0.15, 0.2) is 16.5 Å². The molecule has 0 aromatic carbocycles. The van der Waals surface area contributed by atoms with Gasteiger partial charge in [0.25, 0.3) is 0 Å². The normalized spacial score (nSPS) is 20.4. The molecule has 1 aromatic rings. The highest BCUT2D eigenvalue weighted by Gasteiger charge is 2.15. The molecular weight excluding hydrogens is 230 g/mol. The van der Waals surface area contributed by atoms with Crippen molar-refractivity contribution >= 4 is 23.5 Å². The van der Waals surface area contributed by atoms with Gasteiger partial charge in [0.05, 0.1) is 0 Å². The zero-order valence-corrected chi connectivity index (χ0v) is 9.51. The number of carbonyl (C=O) groups excluding carboxylic acids is 1. The fraction of sp³-hybridized carbons (Fsp3) is 0.500.